The SMILES string of the molecule is CNC(=O)C(C)(C)Oc1ccc(F)cc1. The molecular formula is C11H14FNO2. The largest absolute Gasteiger partial charge is 0.478 e. The zero-order chi connectivity index (χ0) is 11.5. The molecule has 15 heavy (non-hydrogen) atoms. The van der Waals surface area contributed by atoms with Crippen molar-refractivity contribution in [2.45, 2.75) is 19.4 Å². The van der Waals surface area contributed by atoms with Crippen LogP contribution in [0.4, 0.5) is 4.39 Å². The Kier molecular flexibility index (Phi) is 3.29. The lowest BCUT2D eigenvalue weighted by molar-refractivity contribution is -0.133. The molecule has 0 aliphatic carbocycles. The topological polar surface area (TPSA) is 38.3 Å². The Morgan fingerprint density at radius 1 is 1.33 bits per heavy atom. The molecule has 82 valence electrons. The molecule has 0 aromatic heterocycles. The van der Waals surface area contributed by atoms with Crippen LogP contribution in [0.2, 0.25) is 0 Å². The van der Waals surface area contributed by atoms with Crippen LogP contribution < -0.4 is 10.1 Å². The van der Waals surface area contributed by atoms with Crippen molar-refractivity contribution in [1.82, 2.24) is 5.32 Å². The normalized spacial score (nSPS) is 10.9. The molecule has 0 aliphatic rings. The molecule has 1 aromatic rings. The Hall–Kier alpha value is -1.58. The predicted octanol–water partition coefficient (Wildman–Crippen LogP) is 1.73. The van der Waals surface area contributed by atoms with Crippen LogP contribution in [0, 0.1) is 5.82 Å². The van der Waals surface area contributed by atoms with E-state index < -0.39 is 5.60 Å². The molecule has 0 saturated heterocycles. The second kappa shape index (κ2) is 4.29. The number of nitrogens with one attached hydrogen (secondary N) is 1. The van der Waals surface area contributed by atoms with Crippen molar-refractivity contribution in [2.75, 3.05) is 7.05 Å². The number of hydrogen-bond acceptors (Lipinski definition) is 2. The zero-order valence-electron chi connectivity index (χ0n) is 9.00. The van der Waals surface area contributed by atoms with E-state index in [-0.39, 0.29) is 11.7 Å². The highest BCUT2D eigenvalue weighted by atomic mass is 19.1. The molecule has 1 aromatic carbocycles. The second-order valence-electron chi connectivity index (χ2n) is 3.65. The summed E-state index contributed by atoms with van der Waals surface area (Å²) in [5.74, 6) is -0.100. The van der Waals surface area contributed by atoms with Gasteiger partial charge in [0, 0.05) is 7.05 Å². The Balaban J connectivity index is 2.77. The molecule has 0 saturated carbocycles. The van der Waals surface area contributed by atoms with Crippen molar-refractivity contribution in [3.63, 3.8) is 0 Å². The van der Waals surface area contributed by atoms with Gasteiger partial charge in [0.25, 0.3) is 5.91 Å². The van der Waals surface area contributed by atoms with Gasteiger partial charge in [0.1, 0.15) is 11.6 Å². The average Bonchev–Trinajstić information content (AvgIpc) is 2.20. The Morgan fingerprint density at radius 3 is 2.33 bits per heavy atom. The fraction of sp³-hybridized carbons (Fsp3) is 0.364. The van der Waals surface area contributed by atoms with E-state index in [2.05, 4.69) is 5.32 Å². The smallest absolute Gasteiger partial charge is 0.263 e. The number of ether oxygens (including phenoxy) is 1. The fourth-order valence-electron chi connectivity index (χ4n) is 1.14. The van der Waals surface area contributed by atoms with E-state index in [1.165, 1.54) is 31.3 Å². The van der Waals surface area contributed by atoms with E-state index in [0.29, 0.717) is 5.75 Å². The molecule has 0 spiro atoms. The van der Waals surface area contributed by atoms with Gasteiger partial charge in [-0.05, 0) is 38.1 Å². The first-order valence-electron chi connectivity index (χ1n) is 4.62. The molecule has 1 rings (SSSR count). The summed E-state index contributed by atoms with van der Waals surface area (Å²) in [4.78, 5) is 11.4. The van der Waals surface area contributed by atoms with Crippen LogP contribution in [0.3, 0.4) is 0 Å². The van der Waals surface area contributed by atoms with Gasteiger partial charge in [-0.1, -0.05) is 0 Å². The van der Waals surface area contributed by atoms with Crippen LogP contribution in [0.25, 0.3) is 0 Å². The van der Waals surface area contributed by atoms with Crippen molar-refractivity contribution in [2.24, 2.45) is 0 Å². The molecular weight excluding hydrogens is 197 g/mol. The molecule has 3 nitrogen and oxygen atoms in total. The summed E-state index contributed by atoms with van der Waals surface area (Å²) < 4.78 is 18.0. The zero-order valence-corrected chi connectivity index (χ0v) is 9.00. The molecule has 0 radical (unpaired) electrons. The Labute approximate surface area is 88.2 Å². The molecule has 0 fully saturated rings. The van der Waals surface area contributed by atoms with E-state index >= 15 is 0 Å². The van der Waals surface area contributed by atoms with E-state index in [1.54, 1.807) is 13.8 Å². The monoisotopic (exact) mass is 211 g/mol. The molecule has 0 bridgehead atoms. The van der Waals surface area contributed by atoms with E-state index in [1.807, 2.05) is 0 Å². The molecule has 1 amide bonds. The number of likely N-dealkylation sites (N-methyl/N-ethyl adjacent to an activating group) is 1. The highest BCUT2D eigenvalue weighted by Gasteiger charge is 2.28. The first-order valence-corrected chi connectivity index (χ1v) is 4.62. The predicted molar refractivity (Wildman–Crippen MR) is 55.2 cm³/mol. The number of benzene rings is 1. The van der Waals surface area contributed by atoms with Gasteiger partial charge in [-0.3, -0.25) is 4.79 Å². The number of halogens is 1. The van der Waals surface area contributed by atoms with Crippen molar-refractivity contribution >= 4 is 5.91 Å². The molecule has 4 heteroatoms. The number of amides is 1. The third-order valence-electron chi connectivity index (χ3n) is 1.96. The first-order chi connectivity index (χ1) is 6.95. The lowest BCUT2D eigenvalue weighted by Gasteiger charge is -2.24. The van der Waals surface area contributed by atoms with Crippen molar-refractivity contribution in [3.8, 4) is 5.75 Å². The highest BCUT2D eigenvalue weighted by molar-refractivity contribution is 5.84. The number of carbonyl (C=O) groups is 1. The van der Waals surface area contributed by atoms with E-state index in [4.69, 9.17) is 4.74 Å². The first kappa shape index (κ1) is 11.5. The lowest BCUT2D eigenvalue weighted by atomic mass is 10.1. The summed E-state index contributed by atoms with van der Waals surface area (Å²) in [6.07, 6.45) is 0. The lowest BCUT2D eigenvalue weighted by Crippen LogP contribution is -2.45. The Morgan fingerprint density at radius 2 is 1.87 bits per heavy atom. The number of rotatable bonds is 3. The molecule has 0 aliphatic heterocycles. The quantitative estimate of drug-likeness (QED) is 0.826. The fourth-order valence-corrected chi connectivity index (χ4v) is 1.14. The van der Waals surface area contributed by atoms with Gasteiger partial charge in [-0.2, -0.15) is 0 Å². The minimum Gasteiger partial charge on any atom is -0.478 e. The number of carbonyl (C=O) groups excluding carboxylic acids is 1. The van der Waals surface area contributed by atoms with Gasteiger partial charge in [0.05, 0.1) is 0 Å². The van der Waals surface area contributed by atoms with Crippen molar-refractivity contribution < 1.29 is 13.9 Å². The maximum atomic E-state index is 12.6. The minimum atomic E-state index is -0.966. The van der Waals surface area contributed by atoms with Gasteiger partial charge in [-0.15, -0.1) is 0 Å². The Bertz CT molecular complexity index is 346. The summed E-state index contributed by atoms with van der Waals surface area (Å²) in [7, 11) is 1.54. The standard InChI is InChI=1S/C11H14FNO2/c1-11(2,10(14)13-3)15-9-6-4-8(12)5-7-9/h4-7H,1-3H3,(H,13,14). The molecule has 0 unspecified atom stereocenters. The third-order valence-corrected chi connectivity index (χ3v) is 1.96. The van der Waals surface area contributed by atoms with E-state index in [9.17, 15) is 9.18 Å². The van der Waals surface area contributed by atoms with Gasteiger partial charge >= 0.3 is 0 Å². The summed E-state index contributed by atoms with van der Waals surface area (Å²) in [6, 6.07) is 5.55. The van der Waals surface area contributed by atoms with Gasteiger partial charge in [0.2, 0.25) is 0 Å². The van der Waals surface area contributed by atoms with Crippen LogP contribution in [0.15, 0.2) is 24.3 Å². The summed E-state index contributed by atoms with van der Waals surface area (Å²) in [6.45, 7) is 3.30. The van der Waals surface area contributed by atoms with Crippen LogP contribution in [0.1, 0.15) is 13.8 Å². The average molecular weight is 211 g/mol. The van der Waals surface area contributed by atoms with Gasteiger partial charge in [0.15, 0.2) is 5.60 Å². The summed E-state index contributed by atoms with van der Waals surface area (Å²) in [5.41, 5.74) is -0.966. The van der Waals surface area contributed by atoms with Crippen molar-refractivity contribution in [1.29, 1.82) is 0 Å². The maximum absolute atomic E-state index is 12.6. The second-order valence-corrected chi connectivity index (χ2v) is 3.65. The third kappa shape index (κ3) is 2.94. The van der Waals surface area contributed by atoms with Gasteiger partial charge < -0.3 is 10.1 Å². The van der Waals surface area contributed by atoms with E-state index in [0.717, 1.165) is 0 Å². The number of hydrogen-bond donors (Lipinski definition) is 1. The molecule has 0 heterocycles. The summed E-state index contributed by atoms with van der Waals surface area (Å²) >= 11 is 0. The highest BCUT2D eigenvalue weighted by Crippen LogP contribution is 2.18. The minimum absolute atomic E-state index is 0.230. The maximum Gasteiger partial charge on any atom is 0.263 e. The summed E-state index contributed by atoms with van der Waals surface area (Å²) in [5, 5.41) is 2.50. The van der Waals surface area contributed by atoms with Crippen LogP contribution in [0.5, 0.6) is 5.75 Å². The molecule has 0 atom stereocenters. The van der Waals surface area contributed by atoms with Crippen LogP contribution >= 0.6 is 0 Å². The van der Waals surface area contributed by atoms with Crippen LogP contribution in [-0.4, -0.2) is 18.6 Å². The van der Waals surface area contributed by atoms with Crippen LogP contribution in [-0.2, 0) is 4.79 Å². The molecule has 1 N–H and O–H groups in total. The van der Waals surface area contributed by atoms with Crippen molar-refractivity contribution in [3.05, 3.63) is 30.1 Å². The van der Waals surface area contributed by atoms with Gasteiger partial charge in [-0.25, -0.2) is 4.39 Å².